The zero-order chi connectivity index (χ0) is 13.1. The molecule has 0 heterocycles. The molecule has 1 atom stereocenters. The lowest BCUT2D eigenvalue weighted by Crippen LogP contribution is -2.30. The fraction of sp³-hybridized carbons (Fsp3) is 0.333. The summed E-state index contributed by atoms with van der Waals surface area (Å²) in [6, 6.07) is 0. The van der Waals surface area contributed by atoms with Crippen molar-refractivity contribution >= 4 is 11.7 Å². The highest BCUT2D eigenvalue weighted by molar-refractivity contribution is 6.08. The number of carbonyl (C=O) groups excluding carboxylic acids is 2. The van der Waals surface area contributed by atoms with E-state index in [4.69, 9.17) is 5.73 Å². The molecule has 0 saturated carbocycles. The maximum absolute atomic E-state index is 11.7. The van der Waals surface area contributed by atoms with Gasteiger partial charge in [-0.05, 0) is 13.8 Å². The molecule has 5 heteroatoms. The van der Waals surface area contributed by atoms with Gasteiger partial charge in [0.25, 0.3) is 5.91 Å². The van der Waals surface area contributed by atoms with Gasteiger partial charge in [0, 0.05) is 5.57 Å². The van der Waals surface area contributed by atoms with Gasteiger partial charge >= 0.3 is 0 Å². The molecule has 0 radical (unpaired) electrons. The Morgan fingerprint density at radius 3 is 2.29 bits per heavy atom. The molecule has 3 N–H and O–H groups in total. The second kappa shape index (κ2) is 5.07. The highest BCUT2D eigenvalue weighted by atomic mass is 16.6. The molecule has 0 aliphatic heterocycles. The molecule has 0 bridgehead atoms. The van der Waals surface area contributed by atoms with Gasteiger partial charge in [0.15, 0.2) is 5.78 Å². The first kappa shape index (κ1) is 13.3. The predicted octanol–water partition coefficient (Wildman–Crippen LogP) is 0.393. The lowest BCUT2D eigenvalue weighted by Gasteiger charge is -2.12. The van der Waals surface area contributed by atoms with Gasteiger partial charge in [-0.3, -0.25) is 14.4 Å². The van der Waals surface area contributed by atoms with Crippen LogP contribution in [0.1, 0.15) is 13.8 Å². The third kappa shape index (κ3) is 3.37. The Hall–Kier alpha value is -1.72. The largest absolute Gasteiger partial charge is 0.319 e. The monoisotopic (exact) mass is 236 g/mol. The first-order chi connectivity index (χ1) is 7.87. The van der Waals surface area contributed by atoms with Crippen molar-refractivity contribution in [3.63, 3.8) is 0 Å². The number of ketones is 1. The first-order valence-electron chi connectivity index (χ1n) is 5.13. The molecule has 1 unspecified atom stereocenters. The summed E-state index contributed by atoms with van der Waals surface area (Å²) >= 11 is 0. The number of hydroxylamine groups is 1. The molecule has 1 aliphatic carbocycles. The van der Waals surface area contributed by atoms with E-state index in [0.717, 1.165) is 0 Å². The molecule has 1 aliphatic rings. The number of hydrogen-bond acceptors (Lipinski definition) is 4. The Bertz CT molecular complexity index is 431. The third-order valence-electron chi connectivity index (χ3n) is 2.33. The third-order valence-corrected chi connectivity index (χ3v) is 2.33. The molecule has 5 nitrogen and oxygen atoms in total. The summed E-state index contributed by atoms with van der Waals surface area (Å²) in [6.07, 6.45) is 6.43. The van der Waals surface area contributed by atoms with Crippen LogP contribution in [-0.2, 0) is 14.4 Å². The average Bonchev–Trinajstić information content (AvgIpc) is 2.37. The number of hydrogen-bond donors (Lipinski definition) is 2. The molecule has 0 aromatic heterocycles. The second-order valence-corrected chi connectivity index (χ2v) is 4.05. The van der Waals surface area contributed by atoms with Gasteiger partial charge in [-0.1, -0.05) is 24.3 Å². The SMILES string of the molecule is CONC(=O)C1=C(C(C)=O)C=CC(C)(N)C=C1. The van der Waals surface area contributed by atoms with Crippen molar-refractivity contribution in [3.8, 4) is 0 Å². The highest BCUT2D eigenvalue weighted by Gasteiger charge is 2.20. The van der Waals surface area contributed by atoms with Gasteiger partial charge in [0.1, 0.15) is 0 Å². The predicted molar refractivity (Wildman–Crippen MR) is 63.7 cm³/mol. The number of rotatable bonds is 3. The first-order valence-corrected chi connectivity index (χ1v) is 5.13. The van der Waals surface area contributed by atoms with E-state index < -0.39 is 11.4 Å². The lowest BCUT2D eigenvalue weighted by molar-refractivity contribution is -0.127. The van der Waals surface area contributed by atoms with E-state index in [2.05, 4.69) is 10.3 Å². The van der Waals surface area contributed by atoms with Crippen LogP contribution >= 0.6 is 0 Å². The number of allylic oxidation sites excluding steroid dienone is 2. The summed E-state index contributed by atoms with van der Waals surface area (Å²) in [5.41, 5.74) is 7.95. The van der Waals surface area contributed by atoms with E-state index in [1.165, 1.54) is 20.1 Å². The minimum absolute atomic E-state index is 0.204. The Morgan fingerprint density at radius 1 is 1.29 bits per heavy atom. The van der Waals surface area contributed by atoms with Crippen molar-refractivity contribution < 1.29 is 14.4 Å². The summed E-state index contributed by atoms with van der Waals surface area (Å²) < 4.78 is 0. The minimum Gasteiger partial charge on any atom is -0.319 e. The fourth-order valence-corrected chi connectivity index (χ4v) is 1.41. The molecule has 0 aromatic rings. The smallest absolute Gasteiger partial charge is 0.275 e. The van der Waals surface area contributed by atoms with Crippen LogP contribution in [0.5, 0.6) is 0 Å². The molecule has 1 rings (SSSR count). The quantitative estimate of drug-likeness (QED) is 0.695. The van der Waals surface area contributed by atoms with Crippen LogP contribution in [0.25, 0.3) is 0 Å². The highest BCUT2D eigenvalue weighted by Crippen LogP contribution is 2.18. The van der Waals surface area contributed by atoms with Crippen LogP contribution in [0.15, 0.2) is 35.5 Å². The van der Waals surface area contributed by atoms with Gasteiger partial charge in [-0.15, -0.1) is 0 Å². The van der Waals surface area contributed by atoms with Crippen LogP contribution < -0.4 is 11.2 Å². The van der Waals surface area contributed by atoms with Crippen molar-refractivity contribution in [2.45, 2.75) is 19.4 Å². The van der Waals surface area contributed by atoms with Crippen molar-refractivity contribution in [3.05, 3.63) is 35.5 Å². The standard InChI is InChI=1S/C12H16N2O3/c1-8(15)9-4-6-12(2,13)7-5-10(9)11(16)14-17-3/h4-7H,13H2,1-3H3,(H,14,16). The molecule has 0 fully saturated rings. The van der Waals surface area contributed by atoms with Crippen LogP contribution in [0.3, 0.4) is 0 Å². The summed E-state index contributed by atoms with van der Waals surface area (Å²) in [4.78, 5) is 27.7. The van der Waals surface area contributed by atoms with Gasteiger partial charge in [-0.25, -0.2) is 5.48 Å². The number of nitrogens with two attached hydrogens (primary N) is 1. The van der Waals surface area contributed by atoms with Gasteiger partial charge in [-0.2, -0.15) is 0 Å². The molecule has 17 heavy (non-hydrogen) atoms. The average molecular weight is 236 g/mol. The van der Waals surface area contributed by atoms with E-state index in [1.807, 2.05) is 0 Å². The van der Waals surface area contributed by atoms with Gasteiger partial charge in [0.2, 0.25) is 0 Å². The number of nitrogens with one attached hydrogen (secondary N) is 1. The van der Waals surface area contributed by atoms with E-state index in [-0.39, 0.29) is 11.4 Å². The van der Waals surface area contributed by atoms with Crippen LogP contribution in [-0.4, -0.2) is 24.3 Å². The molecular weight excluding hydrogens is 220 g/mol. The van der Waals surface area contributed by atoms with E-state index in [0.29, 0.717) is 5.57 Å². The Balaban J connectivity index is 3.22. The number of amides is 1. The summed E-state index contributed by atoms with van der Waals surface area (Å²) in [5, 5.41) is 0. The topological polar surface area (TPSA) is 81.4 Å². The fourth-order valence-electron chi connectivity index (χ4n) is 1.41. The lowest BCUT2D eigenvalue weighted by atomic mass is 10.0. The molecule has 1 amide bonds. The minimum atomic E-state index is -0.685. The van der Waals surface area contributed by atoms with Crippen LogP contribution in [0.2, 0.25) is 0 Å². The molecule has 0 aromatic carbocycles. The Labute approximate surface area is 100.0 Å². The maximum atomic E-state index is 11.7. The van der Waals surface area contributed by atoms with Crippen molar-refractivity contribution in [2.24, 2.45) is 5.73 Å². The van der Waals surface area contributed by atoms with Gasteiger partial charge < -0.3 is 5.73 Å². The van der Waals surface area contributed by atoms with Gasteiger partial charge in [0.05, 0.1) is 18.2 Å². The maximum Gasteiger partial charge on any atom is 0.275 e. The summed E-state index contributed by atoms with van der Waals surface area (Å²) in [5.74, 6) is -0.679. The zero-order valence-electron chi connectivity index (χ0n) is 10.1. The molecular formula is C12H16N2O3. The zero-order valence-corrected chi connectivity index (χ0v) is 10.1. The second-order valence-electron chi connectivity index (χ2n) is 4.05. The van der Waals surface area contributed by atoms with E-state index >= 15 is 0 Å². The van der Waals surface area contributed by atoms with Crippen molar-refractivity contribution in [2.75, 3.05) is 7.11 Å². The summed E-state index contributed by atoms with van der Waals surface area (Å²) in [6.45, 7) is 3.17. The summed E-state index contributed by atoms with van der Waals surface area (Å²) in [7, 11) is 1.33. The van der Waals surface area contributed by atoms with Crippen LogP contribution in [0, 0.1) is 0 Å². The normalized spacial score (nSPS) is 23.5. The molecule has 0 spiro atoms. The molecule has 0 saturated heterocycles. The van der Waals surface area contributed by atoms with Crippen molar-refractivity contribution in [1.29, 1.82) is 0 Å². The molecule has 92 valence electrons. The Kier molecular flexibility index (Phi) is 3.98. The number of Topliss-reactive ketones (excluding diaryl/α,β-unsaturated/α-hetero) is 1. The van der Waals surface area contributed by atoms with E-state index in [1.54, 1.807) is 25.2 Å². The van der Waals surface area contributed by atoms with E-state index in [9.17, 15) is 9.59 Å². The number of carbonyl (C=O) groups is 2. The van der Waals surface area contributed by atoms with Crippen LogP contribution in [0.4, 0.5) is 0 Å². The Morgan fingerprint density at radius 2 is 1.82 bits per heavy atom. The van der Waals surface area contributed by atoms with Crippen molar-refractivity contribution in [1.82, 2.24) is 5.48 Å².